The highest BCUT2D eigenvalue weighted by Gasteiger charge is 2.27. The van der Waals surface area contributed by atoms with Gasteiger partial charge in [0.1, 0.15) is 0 Å². The van der Waals surface area contributed by atoms with Crippen molar-refractivity contribution in [3.63, 3.8) is 0 Å². The van der Waals surface area contributed by atoms with E-state index in [1.165, 1.54) is 4.31 Å². The summed E-state index contributed by atoms with van der Waals surface area (Å²) in [4.78, 5) is 19.6. The summed E-state index contributed by atoms with van der Waals surface area (Å²) in [6.07, 6.45) is 0. The molecule has 0 aliphatic carbocycles. The van der Waals surface area contributed by atoms with Gasteiger partial charge in [-0.2, -0.15) is 4.31 Å². The predicted octanol–water partition coefficient (Wildman–Crippen LogP) is 2.82. The van der Waals surface area contributed by atoms with E-state index in [2.05, 4.69) is 15.2 Å². The SMILES string of the molecule is CCN(CC)c1ccc(S(=O)(=O)N2CCOCC2)cc1NC(=O)c1ccc(C)nc1C. The van der Waals surface area contributed by atoms with Gasteiger partial charge in [-0.25, -0.2) is 8.42 Å². The first-order chi connectivity index (χ1) is 14.8. The minimum absolute atomic E-state index is 0.152. The second kappa shape index (κ2) is 9.76. The smallest absolute Gasteiger partial charge is 0.257 e. The Morgan fingerprint density at radius 3 is 2.42 bits per heavy atom. The molecule has 0 unspecified atom stereocenters. The fourth-order valence-corrected chi connectivity index (χ4v) is 5.10. The number of pyridine rings is 1. The number of benzene rings is 1. The molecule has 0 atom stereocenters. The summed E-state index contributed by atoms with van der Waals surface area (Å²) in [5.74, 6) is -0.320. The summed E-state index contributed by atoms with van der Waals surface area (Å²) in [5.41, 5.74) is 3.15. The first-order valence-corrected chi connectivity index (χ1v) is 11.9. The van der Waals surface area contributed by atoms with E-state index >= 15 is 0 Å². The van der Waals surface area contributed by atoms with Crippen LogP contribution in [0.1, 0.15) is 35.6 Å². The van der Waals surface area contributed by atoms with Crippen molar-refractivity contribution in [2.24, 2.45) is 0 Å². The number of anilines is 2. The molecule has 3 rings (SSSR count). The molecule has 2 aromatic rings. The van der Waals surface area contributed by atoms with Gasteiger partial charge in [0.05, 0.1) is 40.7 Å². The van der Waals surface area contributed by atoms with E-state index in [4.69, 9.17) is 4.74 Å². The molecular formula is C22H30N4O4S. The molecule has 1 fully saturated rings. The lowest BCUT2D eigenvalue weighted by molar-refractivity contribution is 0.0730. The molecule has 1 aliphatic rings. The van der Waals surface area contributed by atoms with Gasteiger partial charge in [0.25, 0.3) is 5.91 Å². The van der Waals surface area contributed by atoms with Gasteiger partial charge < -0.3 is 15.0 Å². The Balaban J connectivity index is 2.00. The van der Waals surface area contributed by atoms with Crippen molar-refractivity contribution in [1.82, 2.24) is 9.29 Å². The standard InChI is InChI=1S/C22H30N4O4S/c1-5-25(6-2)21-10-8-18(31(28,29)26-11-13-30-14-12-26)15-20(21)24-22(27)19-9-7-16(3)23-17(19)4/h7-10,15H,5-6,11-14H2,1-4H3,(H,24,27). The molecule has 1 aliphatic heterocycles. The monoisotopic (exact) mass is 446 g/mol. The molecule has 1 amide bonds. The van der Waals surface area contributed by atoms with Crippen LogP contribution in [-0.4, -0.2) is 63.0 Å². The number of carbonyl (C=O) groups excluding carboxylic acids is 1. The number of rotatable bonds is 7. The van der Waals surface area contributed by atoms with Crippen LogP contribution in [0.15, 0.2) is 35.2 Å². The third kappa shape index (κ3) is 5.06. The van der Waals surface area contributed by atoms with Gasteiger partial charge in [-0.1, -0.05) is 0 Å². The Labute approximate surface area is 184 Å². The zero-order valence-corrected chi connectivity index (χ0v) is 19.3. The van der Waals surface area contributed by atoms with E-state index < -0.39 is 10.0 Å². The number of aryl methyl sites for hydroxylation is 2. The van der Waals surface area contributed by atoms with Crippen LogP contribution in [0.25, 0.3) is 0 Å². The van der Waals surface area contributed by atoms with Crippen molar-refractivity contribution < 1.29 is 17.9 Å². The minimum Gasteiger partial charge on any atom is -0.379 e. The highest BCUT2D eigenvalue weighted by Crippen LogP contribution is 2.31. The van der Waals surface area contributed by atoms with Crippen molar-refractivity contribution in [2.45, 2.75) is 32.6 Å². The van der Waals surface area contributed by atoms with Crippen molar-refractivity contribution in [3.8, 4) is 0 Å². The van der Waals surface area contributed by atoms with Crippen LogP contribution in [0.4, 0.5) is 11.4 Å². The highest BCUT2D eigenvalue weighted by molar-refractivity contribution is 7.89. The first-order valence-electron chi connectivity index (χ1n) is 10.5. The van der Waals surface area contributed by atoms with E-state index in [-0.39, 0.29) is 10.8 Å². The lowest BCUT2D eigenvalue weighted by atomic mass is 10.1. The van der Waals surface area contributed by atoms with E-state index in [0.29, 0.717) is 43.2 Å². The second-order valence-corrected chi connectivity index (χ2v) is 9.35. The van der Waals surface area contributed by atoms with Gasteiger partial charge in [0, 0.05) is 31.9 Å². The number of hydrogen-bond donors (Lipinski definition) is 1. The number of aromatic nitrogens is 1. The molecule has 168 valence electrons. The molecule has 31 heavy (non-hydrogen) atoms. The molecule has 1 saturated heterocycles. The molecule has 0 spiro atoms. The average Bonchev–Trinajstić information content (AvgIpc) is 2.76. The van der Waals surface area contributed by atoms with Gasteiger partial charge in [0.2, 0.25) is 10.0 Å². The molecule has 1 aromatic heterocycles. The lowest BCUT2D eigenvalue weighted by Gasteiger charge is -2.28. The fourth-order valence-electron chi connectivity index (χ4n) is 3.67. The van der Waals surface area contributed by atoms with Crippen LogP contribution >= 0.6 is 0 Å². The van der Waals surface area contributed by atoms with Crippen molar-refractivity contribution >= 4 is 27.3 Å². The summed E-state index contributed by atoms with van der Waals surface area (Å²) in [6.45, 7) is 10.5. The zero-order valence-electron chi connectivity index (χ0n) is 18.5. The number of hydrogen-bond acceptors (Lipinski definition) is 6. The molecule has 1 N–H and O–H groups in total. The van der Waals surface area contributed by atoms with E-state index in [1.54, 1.807) is 37.3 Å². The number of sulfonamides is 1. The fraction of sp³-hybridized carbons (Fsp3) is 0.455. The number of ether oxygens (including phenoxy) is 1. The van der Waals surface area contributed by atoms with Crippen LogP contribution in [0.5, 0.6) is 0 Å². The Morgan fingerprint density at radius 2 is 1.81 bits per heavy atom. The predicted molar refractivity (Wildman–Crippen MR) is 121 cm³/mol. The number of amides is 1. The van der Waals surface area contributed by atoms with Gasteiger partial charge in [-0.05, 0) is 58.0 Å². The molecular weight excluding hydrogens is 416 g/mol. The van der Waals surface area contributed by atoms with Crippen LogP contribution in [0.2, 0.25) is 0 Å². The molecule has 9 heteroatoms. The van der Waals surface area contributed by atoms with Gasteiger partial charge in [-0.3, -0.25) is 9.78 Å². The zero-order chi connectivity index (χ0) is 22.6. The Kier molecular flexibility index (Phi) is 7.30. The van der Waals surface area contributed by atoms with Crippen LogP contribution < -0.4 is 10.2 Å². The van der Waals surface area contributed by atoms with Gasteiger partial charge in [0.15, 0.2) is 0 Å². The Hall–Kier alpha value is -2.49. The molecule has 1 aromatic carbocycles. The quantitative estimate of drug-likeness (QED) is 0.703. The number of carbonyl (C=O) groups is 1. The summed E-state index contributed by atoms with van der Waals surface area (Å²) < 4.78 is 33.0. The normalized spacial score (nSPS) is 15.0. The van der Waals surface area contributed by atoms with Gasteiger partial charge >= 0.3 is 0 Å². The highest BCUT2D eigenvalue weighted by atomic mass is 32.2. The summed E-state index contributed by atoms with van der Waals surface area (Å²) in [6, 6.07) is 8.43. The summed E-state index contributed by atoms with van der Waals surface area (Å²) in [5, 5.41) is 2.92. The number of morpholine rings is 1. The van der Waals surface area contributed by atoms with E-state index in [1.807, 2.05) is 20.8 Å². The summed E-state index contributed by atoms with van der Waals surface area (Å²) in [7, 11) is -3.68. The summed E-state index contributed by atoms with van der Waals surface area (Å²) >= 11 is 0. The maximum atomic E-state index is 13.1. The van der Waals surface area contributed by atoms with Crippen molar-refractivity contribution in [1.29, 1.82) is 0 Å². The number of nitrogens with one attached hydrogen (secondary N) is 1. The first kappa shape index (κ1) is 23.2. The van der Waals surface area contributed by atoms with E-state index in [9.17, 15) is 13.2 Å². The van der Waals surface area contributed by atoms with Crippen molar-refractivity contribution in [2.75, 3.05) is 49.6 Å². The Morgan fingerprint density at radius 1 is 1.13 bits per heavy atom. The van der Waals surface area contributed by atoms with Crippen LogP contribution in [-0.2, 0) is 14.8 Å². The van der Waals surface area contributed by atoms with E-state index in [0.717, 1.165) is 24.5 Å². The minimum atomic E-state index is -3.68. The molecule has 0 radical (unpaired) electrons. The lowest BCUT2D eigenvalue weighted by Crippen LogP contribution is -2.40. The largest absolute Gasteiger partial charge is 0.379 e. The Bertz CT molecular complexity index is 1050. The molecule has 8 nitrogen and oxygen atoms in total. The average molecular weight is 447 g/mol. The van der Waals surface area contributed by atoms with Crippen LogP contribution in [0, 0.1) is 13.8 Å². The van der Waals surface area contributed by atoms with Crippen LogP contribution in [0.3, 0.4) is 0 Å². The third-order valence-electron chi connectivity index (χ3n) is 5.40. The molecule has 2 heterocycles. The maximum Gasteiger partial charge on any atom is 0.257 e. The second-order valence-electron chi connectivity index (χ2n) is 7.41. The van der Waals surface area contributed by atoms with Crippen molar-refractivity contribution in [3.05, 3.63) is 47.3 Å². The van der Waals surface area contributed by atoms with Gasteiger partial charge in [-0.15, -0.1) is 0 Å². The third-order valence-corrected chi connectivity index (χ3v) is 7.29. The molecule has 0 bridgehead atoms. The maximum absolute atomic E-state index is 13.1. The number of nitrogens with zero attached hydrogens (tertiary/aromatic N) is 3. The molecule has 0 saturated carbocycles. The topological polar surface area (TPSA) is 91.8 Å².